The lowest BCUT2D eigenvalue weighted by Crippen LogP contribution is -2.45. The van der Waals surface area contributed by atoms with Crippen LogP contribution in [0.5, 0.6) is 23.0 Å². The molecule has 0 unspecified atom stereocenters. The maximum Gasteiger partial charge on any atom is 0.255 e. The molecule has 1 amide bonds. The van der Waals surface area contributed by atoms with Crippen molar-refractivity contribution in [1.29, 1.82) is 0 Å². The largest absolute Gasteiger partial charge is 0.494 e. The lowest BCUT2D eigenvalue weighted by atomic mass is 10.1. The number of ether oxygens (including phenoxy) is 4. The average molecular weight is 375 g/mol. The van der Waals surface area contributed by atoms with Gasteiger partial charge < -0.3 is 23.8 Å². The lowest BCUT2D eigenvalue weighted by Gasteiger charge is -2.33. The van der Waals surface area contributed by atoms with Crippen LogP contribution in [0.15, 0.2) is 48.6 Å². The van der Waals surface area contributed by atoms with Gasteiger partial charge >= 0.3 is 0 Å². The van der Waals surface area contributed by atoms with Gasteiger partial charge in [-0.3, -0.25) is 4.79 Å². The highest BCUT2D eigenvalue weighted by atomic mass is 19.1. The van der Waals surface area contributed by atoms with Crippen LogP contribution in [0.25, 0.3) is 0 Å². The fraction of sp³-hybridized carbons (Fsp3) is 0.250. The Kier molecular flexibility index (Phi) is 6.65. The molecule has 0 radical (unpaired) electrons. The third-order valence-electron chi connectivity index (χ3n) is 3.91. The molecule has 1 heterocycles. The summed E-state index contributed by atoms with van der Waals surface area (Å²) in [6.07, 6.45) is 0. The molecular formula is C20H22FNO5. The average Bonchev–Trinajstić information content (AvgIpc) is 2.71. The Morgan fingerprint density at radius 3 is 1.85 bits per heavy atom. The first-order valence-electron chi connectivity index (χ1n) is 8.05. The summed E-state index contributed by atoms with van der Waals surface area (Å²) in [4.78, 5) is 13.2. The van der Waals surface area contributed by atoms with E-state index in [-0.39, 0.29) is 17.5 Å². The predicted octanol–water partition coefficient (Wildman–Crippen LogP) is 3.45. The van der Waals surface area contributed by atoms with Crippen molar-refractivity contribution in [3.63, 3.8) is 0 Å². The molecule has 2 aromatic carbocycles. The van der Waals surface area contributed by atoms with Crippen molar-refractivity contribution in [3.05, 3.63) is 54.4 Å². The normalized spacial score (nSPS) is 12.6. The Labute approximate surface area is 157 Å². The molecular weight excluding hydrogens is 353 g/mol. The van der Waals surface area contributed by atoms with Crippen LogP contribution in [-0.2, 0) is 4.79 Å². The van der Waals surface area contributed by atoms with E-state index in [4.69, 9.17) is 14.2 Å². The second-order valence-electron chi connectivity index (χ2n) is 5.51. The summed E-state index contributed by atoms with van der Waals surface area (Å²) in [6.45, 7) is 4.18. The number of halogens is 1. The third kappa shape index (κ3) is 4.31. The molecule has 1 fully saturated rings. The van der Waals surface area contributed by atoms with Crippen molar-refractivity contribution in [2.75, 3.05) is 39.9 Å². The second kappa shape index (κ2) is 8.93. The zero-order valence-electron chi connectivity index (χ0n) is 15.7. The van der Waals surface area contributed by atoms with Gasteiger partial charge in [0.1, 0.15) is 0 Å². The zero-order chi connectivity index (χ0) is 20.0. The number of hydrogen-bond acceptors (Lipinski definition) is 5. The highest BCUT2D eigenvalue weighted by Gasteiger charge is 2.31. The molecule has 1 aliphatic heterocycles. The molecule has 0 spiro atoms. The number of carbonyl (C=O) groups is 1. The number of hydrogen-bond donors (Lipinski definition) is 0. The van der Waals surface area contributed by atoms with Gasteiger partial charge in [0.05, 0.1) is 40.7 Å². The molecule has 144 valence electrons. The summed E-state index contributed by atoms with van der Waals surface area (Å²) < 4.78 is 32.8. The molecule has 6 nitrogen and oxygen atoms in total. The summed E-state index contributed by atoms with van der Waals surface area (Å²) in [6, 6.07) is 9.77. The van der Waals surface area contributed by atoms with Gasteiger partial charge in [0, 0.05) is 17.7 Å². The number of β-lactam (4-membered cyclic amide) rings is 1. The van der Waals surface area contributed by atoms with E-state index < -0.39 is 0 Å². The second-order valence-corrected chi connectivity index (χ2v) is 5.51. The Balaban J connectivity index is 0.000000244. The molecule has 27 heavy (non-hydrogen) atoms. The van der Waals surface area contributed by atoms with Crippen LogP contribution < -0.4 is 23.8 Å². The molecule has 7 heteroatoms. The summed E-state index contributed by atoms with van der Waals surface area (Å²) in [5.41, 5.74) is 1.31. The first-order chi connectivity index (χ1) is 13.0. The Bertz CT molecular complexity index is 812. The minimum atomic E-state index is -0.319. The van der Waals surface area contributed by atoms with Crippen molar-refractivity contribution in [1.82, 2.24) is 0 Å². The SMILES string of the molecule is C=C1CN(c2cc(OC)c(OC)c(OC)c2)C1=O.COc1ccccc1F. The van der Waals surface area contributed by atoms with E-state index >= 15 is 0 Å². The van der Waals surface area contributed by atoms with Crippen molar-refractivity contribution >= 4 is 11.6 Å². The van der Waals surface area contributed by atoms with Crippen molar-refractivity contribution in [3.8, 4) is 23.0 Å². The van der Waals surface area contributed by atoms with Crippen LogP contribution in [0.3, 0.4) is 0 Å². The van der Waals surface area contributed by atoms with E-state index in [0.29, 0.717) is 35.1 Å². The first-order valence-corrected chi connectivity index (χ1v) is 8.05. The molecule has 2 aromatic rings. The fourth-order valence-corrected chi connectivity index (χ4v) is 2.47. The summed E-state index contributed by atoms with van der Waals surface area (Å²) in [5.74, 6) is 1.45. The molecule has 1 saturated heterocycles. The van der Waals surface area contributed by atoms with Crippen LogP contribution in [0.4, 0.5) is 10.1 Å². The number of amides is 1. The summed E-state index contributed by atoms with van der Waals surface area (Å²) >= 11 is 0. The van der Waals surface area contributed by atoms with Crippen molar-refractivity contribution < 1.29 is 28.1 Å². The summed E-state index contributed by atoms with van der Waals surface area (Å²) in [5, 5.41) is 0. The van der Waals surface area contributed by atoms with E-state index in [1.54, 1.807) is 35.2 Å². The predicted molar refractivity (Wildman–Crippen MR) is 101 cm³/mol. The van der Waals surface area contributed by atoms with Crippen molar-refractivity contribution in [2.45, 2.75) is 0 Å². The molecule has 1 aliphatic rings. The van der Waals surface area contributed by atoms with E-state index in [1.165, 1.54) is 34.5 Å². The molecule has 3 rings (SSSR count). The lowest BCUT2D eigenvalue weighted by molar-refractivity contribution is -0.117. The smallest absolute Gasteiger partial charge is 0.255 e. The monoisotopic (exact) mass is 375 g/mol. The van der Waals surface area contributed by atoms with Crippen molar-refractivity contribution in [2.24, 2.45) is 0 Å². The van der Waals surface area contributed by atoms with Crippen LogP contribution >= 0.6 is 0 Å². The van der Waals surface area contributed by atoms with Crippen LogP contribution in [0.2, 0.25) is 0 Å². The van der Waals surface area contributed by atoms with Gasteiger partial charge in [-0.2, -0.15) is 0 Å². The van der Waals surface area contributed by atoms with Crippen LogP contribution in [0.1, 0.15) is 0 Å². The van der Waals surface area contributed by atoms with E-state index in [2.05, 4.69) is 11.3 Å². The molecule has 0 aromatic heterocycles. The van der Waals surface area contributed by atoms with Gasteiger partial charge in [0.15, 0.2) is 23.1 Å². The minimum absolute atomic E-state index is 0.0794. The Morgan fingerprint density at radius 2 is 1.48 bits per heavy atom. The maximum atomic E-state index is 12.5. The van der Waals surface area contributed by atoms with E-state index in [9.17, 15) is 9.18 Å². The number of methoxy groups -OCH3 is 4. The number of anilines is 1. The number of benzene rings is 2. The topological polar surface area (TPSA) is 57.2 Å². The number of nitrogens with zero attached hydrogens (tertiary/aromatic N) is 1. The van der Waals surface area contributed by atoms with Gasteiger partial charge in [0.2, 0.25) is 5.75 Å². The number of carbonyl (C=O) groups excluding carboxylic acids is 1. The van der Waals surface area contributed by atoms with Gasteiger partial charge in [0.25, 0.3) is 5.91 Å². The molecule has 0 N–H and O–H groups in total. The molecule has 0 aliphatic carbocycles. The highest BCUT2D eigenvalue weighted by Crippen LogP contribution is 2.42. The highest BCUT2D eigenvalue weighted by molar-refractivity contribution is 6.13. The Hall–Kier alpha value is -3.22. The van der Waals surface area contributed by atoms with Gasteiger partial charge in [-0.25, -0.2) is 4.39 Å². The standard InChI is InChI=1S/C13H15NO4.C7H7FO/c1-8-7-14(13(8)15)9-5-10(16-2)12(18-4)11(6-9)17-3;1-9-7-5-3-2-4-6(7)8/h5-6H,1,7H2,2-4H3;2-5H,1H3. The quantitative estimate of drug-likeness (QED) is 0.592. The van der Waals surface area contributed by atoms with E-state index in [1.807, 2.05) is 0 Å². The number of rotatable bonds is 5. The maximum absolute atomic E-state index is 12.5. The molecule has 0 bridgehead atoms. The third-order valence-corrected chi connectivity index (χ3v) is 3.91. The molecule has 0 saturated carbocycles. The van der Waals surface area contributed by atoms with Gasteiger partial charge in [-0.1, -0.05) is 18.7 Å². The first kappa shape index (κ1) is 20.1. The van der Waals surface area contributed by atoms with Crippen LogP contribution in [-0.4, -0.2) is 40.9 Å². The minimum Gasteiger partial charge on any atom is -0.494 e. The summed E-state index contributed by atoms with van der Waals surface area (Å²) in [7, 11) is 6.06. The van der Waals surface area contributed by atoms with Gasteiger partial charge in [-0.15, -0.1) is 0 Å². The van der Waals surface area contributed by atoms with E-state index in [0.717, 1.165) is 0 Å². The fourth-order valence-electron chi connectivity index (χ4n) is 2.47. The van der Waals surface area contributed by atoms with Gasteiger partial charge in [-0.05, 0) is 12.1 Å². The molecule has 0 atom stereocenters. The Morgan fingerprint density at radius 1 is 0.926 bits per heavy atom. The van der Waals surface area contributed by atoms with Crippen LogP contribution in [0, 0.1) is 5.82 Å². The zero-order valence-corrected chi connectivity index (χ0v) is 15.7. The number of para-hydroxylation sites is 1.